The third-order valence-corrected chi connectivity index (χ3v) is 3.38. The number of carbonyl (C=O) groups is 3. The van der Waals surface area contributed by atoms with Gasteiger partial charge in [0.1, 0.15) is 11.3 Å². The zero-order chi connectivity index (χ0) is 18.1. The summed E-state index contributed by atoms with van der Waals surface area (Å²) in [6.45, 7) is 1.42. The Morgan fingerprint density at radius 1 is 1.12 bits per heavy atom. The van der Waals surface area contributed by atoms with E-state index in [0.717, 1.165) is 4.90 Å². The fraction of sp³-hybridized carbons (Fsp3) is 0.357. The Morgan fingerprint density at radius 3 is 2.21 bits per heavy atom. The van der Waals surface area contributed by atoms with Gasteiger partial charge >= 0.3 is 12.2 Å². The number of amides is 4. The molecule has 130 valence electrons. The van der Waals surface area contributed by atoms with Crippen molar-refractivity contribution in [1.82, 2.24) is 15.5 Å². The lowest BCUT2D eigenvalue weighted by atomic mass is 9.99. The molecule has 1 fully saturated rings. The molecule has 0 aliphatic carbocycles. The molecule has 1 saturated heterocycles. The minimum absolute atomic E-state index is 0.0519. The highest BCUT2D eigenvalue weighted by Crippen LogP contribution is 2.36. The highest BCUT2D eigenvalue weighted by molar-refractivity contribution is 6.29. The molecule has 10 heteroatoms. The van der Waals surface area contributed by atoms with Crippen molar-refractivity contribution in [2.75, 3.05) is 20.3 Å². The van der Waals surface area contributed by atoms with Crippen LogP contribution in [-0.2, 0) is 14.3 Å². The molecular formula is C14H14F3N3O4. The molecule has 0 radical (unpaired) electrons. The summed E-state index contributed by atoms with van der Waals surface area (Å²) in [5.41, 5.74) is -1.63. The lowest BCUT2D eigenvalue weighted by molar-refractivity contribution is -0.124. The molecule has 0 saturated carbocycles. The number of alkyl halides is 3. The molecule has 2 aliphatic rings. The Bertz CT molecular complexity index is 670. The fourth-order valence-electron chi connectivity index (χ4n) is 2.35. The number of rotatable bonds is 3. The number of barbiturate groups is 1. The van der Waals surface area contributed by atoms with Crippen LogP contribution in [0.4, 0.5) is 18.0 Å². The van der Waals surface area contributed by atoms with Gasteiger partial charge in [0.25, 0.3) is 11.8 Å². The van der Waals surface area contributed by atoms with Crippen molar-refractivity contribution < 1.29 is 32.3 Å². The van der Waals surface area contributed by atoms with E-state index in [-0.39, 0.29) is 24.4 Å². The van der Waals surface area contributed by atoms with Crippen LogP contribution in [0.25, 0.3) is 0 Å². The van der Waals surface area contributed by atoms with Gasteiger partial charge < -0.3 is 9.64 Å². The highest BCUT2D eigenvalue weighted by Gasteiger charge is 2.41. The molecule has 2 heterocycles. The highest BCUT2D eigenvalue weighted by atomic mass is 19.4. The Labute approximate surface area is 134 Å². The number of nitrogens with zero attached hydrogens (tertiary/aromatic N) is 1. The number of halogens is 3. The zero-order valence-corrected chi connectivity index (χ0v) is 12.8. The molecule has 7 nitrogen and oxygen atoms in total. The summed E-state index contributed by atoms with van der Waals surface area (Å²) < 4.78 is 44.8. The van der Waals surface area contributed by atoms with Crippen LogP contribution in [0.15, 0.2) is 34.7 Å². The second-order valence-electron chi connectivity index (χ2n) is 5.03. The monoisotopic (exact) mass is 345 g/mol. The van der Waals surface area contributed by atoms with E-state index in [9.17, 15) is 27.6 Å². The summed E-state index contributed by atoms with van der Waals surface area (Å²) in [7, 11) is 1.36. The SMILES string of the molecule is COCCN1C(C)=CC(=C2C(=O)NC(=O)NC2=O)C=C1C(F)(F)F. The summed E-state index contributed by atoms with van der Waals surface area (Å²) in [4.78, 5) is 35.6. The van der Waals surface area contributed by atoms with E-state index in [4.69, 9.17) is 4.74 Å². The normalized spacial score (nSPS) is 19.0. The van der Waals surface area contributed by atoms with E-state index in [1.807, 2.05) is 10.6 Å². The lowest BCUT2D eigenvalue weighted by Gasteiger charge is -2.32. The van der Waals surface area contributed by atoms with Gasteiger partial charge in [0.05, 0.1) is 6.61 Å². The predicted molar refractivity (Wildman–Crippen MR) is 75.2 cm³/mol. The zero-order valence-electron chi connectivity index (χ0n) is 12.8. The summed E-state index contributed by atoms with van der Waals surface area (Å²) in [5, 5.41) is 3.66. The van der Waals surface area contributed by atoms with Crippen LogP contribution >= 0.6 is 0 Å². The van der Waals surface area contributed by atoms with E-state index >= 15 is 0 Å². The Morgan fingerprint density at radius 2 is 1.71 bits per heavy atom. The van der Waals surface area contributed by atoms with Crippen LogP contribution in [0.5, 0.6) is 0 Å². The quantitative estimate of drug-likeness (QED) is 0.588. The second-order valence-corrected chi connectivity index (χ2v) is 5.03. The number of methoxy groups -OCH3 is 1. The molecule has 0 spiro atoms. The third-order valence-electron chi connectivity index (χ3n) is 3.38. The summed E-state index contributed by atoms with van der Waals surface area (Å²) in [6, 6.07) is -1.02. The maximum Gasteiger partial charge on any atom is 0.431 e. The van der Waals surface area contributed by atoms with Crippen LogP contribution < -0.4 is 10.6 Å². The Kier molecular flexibility index (Phi) is 4.78. The van der Waals surface area contributed by atoms with Gasteiger partial charge in [-0.3, -0.25) is 20.2 Å². The molecule has 0 aromatic rings. The first-order valence-electron chi connectivity index (χ1n) is 6.79. The average molecular weight is 345 g/mol. The van der Waals surface area contributed by atoms with Gasteiger partial charge in [0.15, 0.2) is 0 Å². The Hall–Kier alpha value is -2.62. The maximum absolute atomic E-state index is 13.3. The van der Waals surface area contributed by atoms with E-state index < -0.39 is 35.3 Å². The molecular weight excluding hydrogens is 331 g/mol. The number of carbonyl (C=O) groups excluding carboxylic acids is 3. The van der Waals surface area contributed by atoms with Crippen molar-refractivity contribution in [3.63, 3.8) is 0 Å². The molecule has 24 heavy (non-hydrogen) atoms. The van der Waals surface area contributed by atoms with Gasteiger partial charge in [-0.15, -0.1) is 0 Å². The van der Waals surface area contributed by atoms with Crippen LogP contribution in [0.3, 0.4) is 0 Å². The fourth-order valence-corrected chi connectivity index (χ4v) is 2.35. The number of hydrogen-bond acceptors (Lipinski definition) is 5. The number of ether oxygens (including phenoxy) is 1. The van der Waals surface area contributed by atoms with Gasteiger partial charge in [-0.2, -0.15) is 13.2 Å². The average Bonchev–Trinajstić information content (AvgIpc) is 2.43. The largest absolute Gasteiger partial charge is 0.431 e. The van der Waals surface area contributed by atoms with Gasteiger partial charge in [-0.1, -0.05) is 0 Å². The molecule has 0 atom stereocenters. The number of nitrogens with one attached hydrogen (secondary N) is 2. The molecule has 0 aromatic carbocycles. The van der Waals surface area contributed by atoms with Crippen molar-refractivity contribution in [2.45, 2.75) is 13.1 Å². The number of imide groups is 2. The van der Waals surface area contributed by atoms with Crippen molar-refractivity contribution in [1.29, 1.82) is 0 Å². The van der Waals surface area contributed by atoms with E-state index in [2.05, 4.69) is 0 Å². The van der Waals surface area contributed by atoms with Crippen molar-refractivity contribution in [3.8, 4) is 0 Å². The smallest absolute Gasteiger partial charge is 0.383 e. The minimum Gasteiger partial charge on any atom is -0.383 e. The Balaban J connectivity index is 2.53. The molecule has 4 amide bonds. The van der Waals surface area contributed by atoms with Crippen LogP contribution in [0.2, 0.25) is 0 Å². The molecule has 2 rings (SSSR count). The van der Waals surface area contributed by atoms with E-state index in [1.165, 1.54) is 20.1 Å². The van der Waals surface area contributed by atoms with Gasteiger partial charge in [0, 0.05) is 19.4 Å². The molecule has 0 bridgehead atoms. The number of hydrogen-bond donors (Lipinski definition) is 2. The lowest BCUT2D eigenvalue weighted by Crippen LogP contribution is -2.52. The van der Waals surface area contributed by atoms with Gasteiger partial charge in [0.2, 0.25) is 0 Å². The first kappa shape index (κ1) is 17.7. The third kappa shape index (κ3) is 3.48. The van der Waals surface area contributed by atoms with Gasteiger partial charge in [-0.05, 0) is 24.6 Å². The maximum atomic E-state index is 13.3. The second kappa shape index (κ2) is 6.48. The van der Waals surface area contributed by atoms with Crippen LogP contribution in [0.1, 0.15) is 6.92 Å². The van der Waals surface area contributed by atoms with E-state index in [1.54, 1.807) is 0 Å². The standard InChI is InChI=1S/C14H14F3N3O4/c1-7-5-8(10-11(21)18-13(23)19-12(10)22)6-9(14(15,16)17)20(7)3-4-24-2/h5-6H,3-4H2,1-2H3,(H2,18,19,21,22,23). The predicted octanol–water partition coefficient (Wildman–Crippen LogP) is 0.961. The minimum atomic E-state index is -4.70. The van der Waals surface area contributed by atoms with Crippen LogP contribution in [-0.4, -0.2) is 49.2 Å². The first-order chi connectivity index (χ1) is 11.1. The topological polar surface area (TPSA) is 87.7 Å². The summed E-state index contributed by atoms with van der Waals surface area (Å²) >= 11 is 0. The van der Waals surface area contributed by atoms with E-state index in [0.29, 0.717) is 6.08 Å². The molecule has 0 unspecified atom stereocenters. The number of allylic oxidation sites excluding steroid dienone is 5. The summed E-state index contributed by atoms with van der Waals surface area (Å²) in [6.07, 6.45) is -2.73. The molecule has 2 aliphatic heterocycles. The first-order valence-corrected chi connectivity index (χ1v) is 6.79. The van der Waals surface area contributed by atoms with Gasteiger partial charge in [-0.25, -0.2) is 4.79 Å². The van der Waals surface area contributed by atoms with Crippen molar-refractivity contribution in [3.05, 3.63) is 34.7 Å². The van der Waals surface area contributed by atoms with Crippen molar-refractivity contribution >= 4 is 17.8 Å². The summed E-state index contributed by atoms with van der Waals surface area (Å²) in [5.74, 6) is -2.10. The van der Waals surface area contributed by atoms with Crippen molar-refractivity contribution in [2.24, 2.45) is 0 Å². The number of urea groups is 1. The van der Waals surface area contributed by atoms with Crippen LogP contribution in [0, 0.1) is 0 Å². The molecule has 2 N–H and O–H groups in total. The molecule has 0 aromatic heterocycles.